The standard InChI is InChI=1S/C9H10N4O/c1-6-12-9(13-14-6)7-2-3-11-8(4-7)5-10/h2-4H,5,10H2,1H3. The summed E-state index contributed by atoms with van der Waals surface area (Å²) in [5.41, 5.74) is 7.16. The highest BCUT2D eigenvalue weighted by Crippen LogP contribution is 2.15. The van der Waals surface area contributed by atoms with Crippen molar-refractivity contribution >= 4 is 0 Å². The van der Waals surface area contributed by atoms with Crippen molar-refractivity contribution in [2.24, 2.45) is 5.73 Å². The maximum atomic E-state index is 5.48. The van der Waals surface area contributed by atoms with Gasteiger partial charge in [0, 0.05) is 25.2 Å². The van der Waals surface area contributed by atoms with Crippen molar-refractivity contribution in [1.82, 2.24) is 15.1 Å². The van der Waals surface area contributed by atoms with E-state index in [2.05, 4.69) is 15.1 Å². The fourth-order valence-electron chi connectivity index (χ4n) is 1.15. The highest BCUT2D eigenvalue weighted by atomic mass is 16.5. The average Bonchev–Trinajstić information content (AvgIpc) is 2.65. The number of nitrogens with two attached hydrogens (primary N) is 1. The second-order valence-corrected chi connectivity index (χ2v) is 2.88. The molecule has 0 fully saturated rings. The van der Waals surface area contributed by atoms with Crippen LogP contribution in [0.1, 0.15) is 11.6 Å². The fourth-order valence-corrected chi connectivity index (χ4v) is 1.15. The third-order valence-corrected chi connectivity index (χ3v) is 1.81. The molecule has 5 nitrogen and oxygen atoms in total. The summed E-state index contributed by atoms with van der Waals surface area (Å²) < 4.78 is 4.88. The fraction of sp³-hybridized carbons (Fsp3) is 0.222. The Balaban J connectivity index is 2.41. The molecule has 0 spiro atoms. The molecular formula is C9H10N4O. The Morgan fingerprint density at radius 1 is 1.50 bits per heavy atom. The van der Waals surface area contributed by atoms with Crippen LogP contribution in [0.15, 0.2) is 22.9 Å². The van der Waals surface area contributed by atoms with Crippen molar-refractivity contribution < 1.29 is 4.52 Å². The van der Waals surface area contributed by atoms with Crippen molar-refractivity contribution in [3.63, 3.8) is 0 Å². The van der Waals surface area contributed by atoms with Crippen LogP contribution in [0.4, 0.5) is 0 Å². The van der Waals surface area contributed by atoms with Gasteiger partial charge in [-0.2, -0.15) is 4.98 Å². The maximum absolute atomic E-state index is 5.48. The van der Waals surface area contributed by atoms with Crippen LogP contribution in [0.5, 0.6) is 0 Å². The number of hydrogen-bond donors (Lipinski definition) is 1. The molecule has 0 unspecified atom stereocenters. The Morgan fingerprint density at radius 3 is 3.00 bits per heavy atom. The van der Waals surface area contributed by atoms with Crippen LogP contribution in [-0.2, 0) is 6.54 Å². The van der Waals surface area contributed by atoms with Crippen molar-refractivity contribution in [3.05, 3.63) is 29.9 Å². The van der Waals surface area contributed by atoms with Gasteiger partial charge in [-0.3, -0.25) is 4.98 Å². The number of nitrogens with zero attached hydrogens (tertiary/aromatic N) is 3. The van der Waals surface area contributed by atoms with Crippen LogP contribution in [0.3, 0.4) is 0 Å². The van der Waals surface area contributed by atoms with Crippen LogP contribution in [0, 0.1) is 6.92 Å². The number of rotatable bonds is 2. The lowest BCUT2D eigenvalue weighted by Crippen LogP contribution is -1.99. The molecule has 0 atom stereocenters. The topological polar surface area (TPSA) is 77.8 Å². The van der Waals surface area contributed by atoms with Gasteiger partial charge in [-0.25, -0.2) is 0 Å². The molecule has 2 aromatic rings. The normalized spacial score (nSPS) is 10.4. The number of aryl methyl sites for hydroxylation is 1. The Hall–Kier alpha value is -1.75. The summed E-state index contributed by atoms with van der Waals surface area (Å²) in [6.45, 7) is 2.16. The van der Waals surface area contributed by atoms with Crippen molar-refractivity contribution in [1.29, 1.82) is 0 Å². The van der Waals surface area contributed by atoms with E-state index in [-0.39, 0.29) is 0 Å². The van der Waals surface area contributed by atoms with Gasteiger partial charge in [0.1, 0.15) is 0 Å². The maximum Gasteiger partial charge on any atom is 0.223 e. The molecule has 0 aliphatic heterocycles. The molecule has 0 saturated heterocycles. The first-order valence-corrected chi connectivity index (χ1v) is 4.25. The summed E-state index contributed by atoms with van der Waals surface area (Å²) >= 11 is 0. The molecule has 5 heteroatoms. The van der Waals surface area contributed by atoms with Crippen molar-refractivity contribution in [3.8, 4) is 11.4 Å². The SMILES string of the molecule is Cc1nc(-c2ccnc(CN)c2)no1. The molecule has 2 heterocycles. The second-order valence-electron chi connectivity index (χ2n) is 2.88. The average molecular weight is 190 g/mol. The molecule has 0 aliphatic carbocycles. The first kappa shape index (κ1) is 8.83. The number of pyridine rings is 1. The molecule has 14 heavy (non-hydrogen) atoms. The molecule has 0 aromatic carbocycles. The van der Waals surface area contributed by atoms with Crippen LogP contribution in [0.25, 0.3) is 11.4 Å². The second kappa shape index (κ2) is 3.55. The summed E-state index contributed by atoms with van der Waals surface area (Å²) in [7, 11) is 0. The Labute approximate surface area is 81.0 Å². The summed E-state index contributed by atoms with van der Waals surface area (Å²) in [5.74, 6) is 1.12. The minimum absolute atomic E-state index is 0.407. The zero-order valence-corrected chi connectivity index (χ0v) is 7.77. The highest BCUT2D eigenvalue weighted by molar-refractivity contribution is 5.53. The minimum atomic E-state index is 0.407. The zero-order chi connectivity index (χ0) is 9.97. The lowest BCUT2D eigenvalue weighted by Gasteiger charge is -1.97. The van der Waals surface area contributed by atoms with Crippen molar-refractivity contribution in [2.45, 2.75) is 13.5 Å². The minimum Gasteiger partial charge on any atom is -0.339 e. The summed E-state index contributed by atoms with van der Waals surface area (Å²) in [5, 5.41) is 3.81. The van der Waals surface area contributed by atoms with Gasteiger partial charge in [-0.1, -0.05) is 5.16 Å². The van der Waals surface area contributed by atoms with Gasteiger partial charge in [-0.15, -0.1) is 0 Å². The molecule has 0 aliphatic rings. The first-order valence-electron chi connectivity index (χ1n) is 4.25. The number of aromatic nitrogens is 3. The Bertz CT molecular complexity index is 438. The molecule has 2 N–H and O–H groups in total. The van der Waals surface area contributed by atoms with Gasteiger partial charge in [0.15, 0.2) is 0 Å². The van der Waals surface area contributed by atoms with Gasteiger partial charge in [-0.05, 0) is 12.1 Å². The molecule has 2 aromatic heterocycles. The Kier molecular flexibility index (Phi) is 2.24. The molecule has 0 bridgehead atoms. The lowest BCUT2D eigenvalue weighted by molar-refractivity contribution is 0.394. The molecule has 2 rings (SSSR count). The van der Waals surface area contributed by atoms with Gasteiger partial charge in [0.2, 0.25) is 11.7 Å². The molecule has 0 saturated carbocycles. The van der Waals surface area contributed by atoms with Gasteiger partial charge < -0.3 is 10.3 Å². The van der Waals surface area contributed by atoms with E-state index >= 15 is 0 Å². The highest BCUT2D eigenvalue weighted by Gasteiger charge is 2.05. The predicted molar refractivity (Wildman–Crippen MR) is 50.2 cm³/mol. The van der Waals surface area contributed by atoms with E-state index in [0.29, 0.717) is 18.3 Å². The van der Waals surface area contributed by atoms with Crippen LogP contribution in [0.2, 0.25) is 0 Å². The summed E-state index contributed by atoms with van der Waals surface area (Å²) in [6, 6.07) is 3.67. The van der Waals surface area contributed by atoms with E-state index in [0.717, 1.165) is 11.3 Å². The lowest BCUT2D eigenvalue weighted by atomic mass is 10.2. The third kappa shape index (κ3) is 1.62. The number of hydrogen-bond acceptors (Lipinski definition) is 5. The van der Waals surface area contributed by atoms with E-state index < -0.39 is 0 Å². The molecule has 0 radical (unpaired) electrons. The van der Waals surface area contributed by atoms with Crippen LogP contribution < -0.4 is 5.73 Å². The van der Waals surface area contributed by atoms with E-state index in [1.54, 1.807) is 13.1 Å². The van der Waals surface area contributed by atoms with E-state index in [1.807, 2.05) is 12.1 Å². The predicted octanol–water partition coefficient (Wildman–Crippen LogP) is 0.899. The van der Waals surface area contributed by atoms with E-state index in [4.69, 9.17) is 10.3 Å². The van der Waals surface area contributed by atoms with Gasteiger partial charge >= 0.3 is 0 Å². The van der Waals surface area contributed by atoms with E-state index in [9.17, 15) is 0 Å². The molecule has 72 valence electrons. The van der Waals surface area contributed by atoms with E-state index in [1.165, 1.54) is 0 Å². The largest absolute Gasteiger partial charge is 0.339 e. The first-order chi connectivity index (χ1) is 6.79. The van der Waals surface area contributed by atoms with Crippen LogP contribution in [-0.4, -0.2) is 15.1 Å². The molecule has 0 amide bonds. The smallest absolute Gasteiger partial charge is 0.223 e. The summed E-state index contributed by atoms with van der Waals surface area (Å²) in [6.07, 6.45) is 1.68. The van der Waals surface area contributed by atoms with Crippen LogP contribution >= 0.6 is 0 Å². The molecular weight excluding hydrogens is 180 g/mol. The summed E-state index contributed by atoms with van der Waals surface area (Å²) in [4.78, 5) is 8.19. The quantitative estimate of drug-likeness (QED) is 0.761. The van der Waals surface area contributed by atoms with Crippen molar-refractivity contribution in [2.75, 3.05) is 0 Å². The third-order valence-electron chi connectivity index (χ3n) is 1.81. The van der Waals surface area contributed by atoms with Gasteiger partial charge in [0.25, 0.3) is 0 Å². The van der Waals surface area contributed by atoms with Gasteiger partial charge in [0.05, 0.1) is 5.69 Å². The Morgan fingerprint density at radius 2 is 2.36 bits per heavy atom. The zero-order valence-electron chi connectivity index (χ0n) is 7.77. The monoisotopic (exact) mass is 190 g/mol.